The van der Waals surface area contributed by atoms with Crippen LogP contribution < -0.4 is 5.32 Å². The molecule has 1 aromatic carbocycles. The molecule has 23 heavy (non-hydrogen) atoms. The summed E-state index contributed by atoms with van der Waals surface area (Å²) in [5, 5.41) is 13.3. The second kappa shape index (κ2) is 6.93. The summed E-state index contributed by atoms with van der Waals surface area (Å²) in [7, 11) is 0. The molecule has 0 fully saturated rings. The third-order valence-electron chi connectivity index (χ3n) is 3.29. The molecule has 3 rings (SSSR count). The van der Waals surface area contributed by atoms with Crippen LogP contribution in [0.25, 0.3) is 11.5 Å². The molecule has 0 unspecified atom stereocenters. The van der Waals surface area contributed by atoms with Gasteiger partial charge in [-0.2, -0.15) is 0 Å². The highest BCUT2D eigenvalue weighted by Crippen LogP contribution is 2.20. The quantitative estimate of drug-likeness (QED) is 0.759. The number of hydrogen-bond donors (Lipinski definition) is 1. The van der Waals surface area contributed by atoms with Crippen LogP contribution in [0.5, 0.6) is 0 Å². The Morgan fingerprint density at radius 1 is 1.26 bits per heavy atom. The number of carbonyl (C=O) groups excluding carboxylic acids is 1. The zero-order valence-corrected chi connectivity index (χ0v) is 13.9. The van der Waals surface area contributed by atoms with Crippen LogP contribution in [-0.4, -0.2) is 16.1 Å². The third-order valence-corrected chi connectivity index (χ3v) is 4.50. The van der Waals surface area contributed by atoms with Crippen LogP contribution in [0.3, 0.4) is 0 Å². The highest BCUT2D eigenvalue weighted by Gasteiger charge is 2.14. The van der Waals surface area contributed by atoms with E-state index in [9.17, 15) is 4.79 Å². The van der Waals surface area contributed by atoms with Crippen molar-refractivity contribution in [3.05, 3.63) is 57.1 Å². The van der Waals surface area contributed by atoms with E-state index >= 15 is 0 Å². The second-order valence-electron chi connectivity index (χ2n) is 4.82. The number of hydrogen-bond acceptors (Lipinski definition) is 5. The summed E-state index contributed by atoms with van der Waals surface area (Å²) < 4.78 is 5.56. The number of carbonyl (C=O) groups is 1. The van der Waals surface area contributed by atoms with Crippen molar-refractivity contribution in [2.45, 2.75) is 19.9 Å². The number of benzene rings is 1. The van der Waals surface area contributed by atoms with E-state index in [4.69, 9.17) is 16.0 Å². The lowest BCUT2D eigenvalue weighted by molar-refractivity contribution is 0.0950. The summed E-state index contributed by atoms with van der Waals surface area (Å²) in [4.78, 5) is 12.9. The van der Waals surface area contributed by atoms with Gasteiger partial charge in [0.25, 0.3) is 5.91 Å². The zero-order chi connectivity index (χ0) is 16.2. The van der Waals surface area contributed by atoms with Crippen LogP contribution in [0.4, 0.5) is 0 Å². The van der Waals surface area contributed by atoms with Gasteiger partial charge in [-0.15, -0.1) is 21.5 Å². The third kappa shape index (κ3) is 3.60. The standard InChI is InChI=1S/C16H14ClN3O2S/c1-2-10-7-8-23-14(10)15(21)18-9-13-19-20-16(22-13)11-3-5-12(17)6-4-11/h3-8H,2,9H2,1H3,(H,18,21). The molecule has 0 saturated carbocycles. The maximum atomic E-state index is 12.2. The van der Waals surface area contributed by atoms with E-state index in [-0.39, 0.29) is 12.5 Å². The largest absolute Gasteiger partial charge is 0.419 e. The van der Waals surface area contributed by atoms with Crippen molar-refractivity contribution in [3.63, 3.8) is 0 Å². The van der Waals surface area contributed by atoms with Crippen LogP contribution in [0.1, 0.15) is 28.0 Å². The molecule has 7 heteroatoms. The molecule has 1 amide bonds. The predicted octanol–water partition coefficient (Wildman–Crippen LogP) is 3.94. The molecule has 0 aliphatic rings. The predicted molar refractivity (Wildman–Crippen MR) is 89.6 cm³/mol. The zero-order valence-electron chi connectivity index (χ0n) is 12.4. The fourth-order valence-corrected chi connectivity index (χ4v) is 3.12. The van der Waals surface area contributed by atoms with Crippen LogP contribution >= 0.6 is 22.9 Å². The van der Waals surface area contributed by atoms with Crippen molar-refractivity contribution >= 4 is 28.8 Å². The molecule has 3 aromatic rings. The summed E-state index contributed by atoms with van der Waals surface area (Å²) >= 11 is 7.28. The average Bonchev–Trinajstić information content (AvgIpc) is 3.22. The Labute approximate surface area is 142 Å². The Bertz CT molecular complexity index is 811. The van der Waals surface area contributed by atoms with Gasteiger partial charge in [0, 0.05) is 10.6 Å². The summed E-state index contributed by atoms with van der Waals surface area (Å²) in [6.07, 6.45) is 0.827. The van der Waals surface area contributed by atoms with E-state index in [0.29, 0.717) is 16.8 Å². The number of nitrogens with zero attached hydrogens (tertiary/aromatic N) is 2. The van der Waals surface area contributed by atoms with Gasteiger partial charge in [-0.05, 0) is 47.7 Å². The van der Waals surface area contributed by atoms with Crippen molar-refractivity contribution in [1.29, 1.82) is 0 Å². The summed E-state index contributed by atoms with van der Waals surface area (Å²) in [6.45, 7) is 2.22. The monoisotopic (exact) mass is 347 g/mol. The fraction of sp³-hybridized carbons (Fsp3) is 0.188. The minimum Gasteiger partial charge on any atom is -0.419 e. The molecule has 1 N–H and O–H groups in total. The molecule has 0 spiro atoms. The number of rotatable bonds is 5. The van der Waals surface area contributed by atoms with Crippen molar-refractivity contribution in [1.82, 2.24) is 15.5 Å². The second-order valence-corrected chi connectivity index (χ2v) is 6.17. The topological polar surface area (TPSA) is 68.0 Å². The highest BCUT2D eigenvalue weighted by molar-refractivity contribution is 7.12. The molecule has 0 radical (unpaired) electrons. The first-order valence-electron chi connectivity index (χ1n) is 7.10. The molecule has 0 aliphatic heterocycles. The number of amides is 1. The Hall–Kier alpha value is -2.18. The normalized spacial score (nSPS) is 10.7. The van der Waals surface area contributed by atoms with Crippen LogP contribution in [0.15, 0.2) is 40.1 Å². The van der Waals surface area contributed by atoms with E-state index in [1.807, 2.05) is 18.4 Å². The lowest BCUT2D eigenvalue weighted by Crippen LogP contribution is -2.22. The molecular weight excluding hydrogens is 334 g/mol. The van der Waals surface area contributed by atoms with E-state index in [1.165, 1.54) is 11.3 Å². The molecule has 118 valence electrons. The first kappa shape index (κ1) is 15.7. The molecule has 0 saturated heterocycles. The number of halogens is 1. The van der Waals surface area contributed by atoms with Gasteiger partial charge in [-0.1, -0.05) is 18.5 Å². The Morgan fingerprint density at radius 3 is 2.78 bits per heavy atom. The molecule has 0 bridgehead atoms. The van der Waals surface area contributed by atoms with Gasteiger partial charge >= 0.3 is 0 Å². The van der Waals surface area contributed by atoms with Crippen molar-refractivity contribution in [3.8, 4) is 11.5 Å². The maximum Gasteiger partial charge on any atom is 0.262 e. The van der Waals surface area contributed by atoms with Gasteiger partial charge < -0.3 is 9.73 Å². The molecular formula is C16H14ClN3O2S. The molecule has 2 heterocycles. The minimum absolute atomic E-state index is 0.122. The first-order chi connectivity index (χ1) is 11.2. The SMILES string of the molecule is CCc1ccsc1C(=O)NCc1nnc(-c2ccc(Cl)cc2)o1. The van der Waals surface area contributed by atoms with Gasteiger partial charge in [-0.25, -0.2) is 0 Å². The average molecular weight is 348 g/mol. The minimum atomic E-state index is -0.122. The molecule has 0 aliphatic carbocycles. The van der Waals surface area contributed by atoms with Gasteiger partial charge in [0.05, 0.1) is 11.4 Å². The maximum absolute atomic E-state index is 12.2. The summed E-state index contributed by atoms with van der Waals surface area (Å²) in [6, 6.07) is 9.08. The Balaban J connectivity index is 1.65. The Kier molecular flexibility index (Phi) is 4.73. The van der Waals surface area contributed by atoms with E-state index in [0.717, 1.165) is 22.4 Å². The van der Waals surface area contributed by atoms with Gasteiger partial charge in [-0.3, -0.25) is 4.79 Å². The fourth-order valence-electron chi connectivity index (χ4n) is 2.08. The van der Waals surface area contributed by atoms with E-state index < -0.39 is 0 Å². The number of thiophene rings is 1. The summed E-state index contributed by atoms with van der Waals surface area (Å²) in [5.41, 5.74) is 1.82. The number of nitrogens with one attached hydrogen (secondary N) is 1. The summed E-state index contributed by atoms with van der Waals surface area (Å²) in [5.74, 6) is 0.636. The van der Waals surface area contributed by atoms with Crippen LogP contribution in [0.2, 0.25) is 5.02 Å². The lowest BCUT2D eigenvalue weighted by atomic mass is 10.2. The lowest BCUT2D eigenvalue weighted by Gasteiger charge is -2.02. The molecule has 0 atom stereocenters. The van der Waals surface area contributed by atoms with Crippen LogP contribution in [-0.2, 0) is 13.0 Å². The smallest absolute Gasteiger partial charge is 0.262 e. The number of aromatic nitrogens is 2. The number of aryl methyl sites for hydroxylation is 1. The van der Waals surface area contributed by atoms with Gasteiger partial charge in [0.15, 0.2) is 0 Å². The van der Waals surface area contributed by atoms with E-state index in [2.05, 4.69) is 15.5 Å². The molecule has 5 nitrogen and oxygen atoms in total. The van der Waals surface area contributed by atoms with Crippen molar-refractivity contribution in [2.75, 3.05) is 0 Å². The highest BCUT2D eigenvalue weighted by atomic mass is 35.5. The molecule has 2 aromatic heterocycles. The first-order valence-corrected chi connectivity index (χ1v) is 8.36. The van der Waals surface area contributed by atoms with E-state index in [1.54, 1.807) is 24.3 Å². The van der Waals surface area contributed by atoms with Crippen LogP contribution in [0, 0.1) is 0 Å². The van der Waals surface area contributed by atoms with Crippen molar-refractivity contribution in [2.24, 2.45) is 0 Å². The van der Waals surface area contributed by atoms with Gasteiger partial charge in [0.1, 0.15) is 0 Å². The Morgan fingerprint density at radius 2 is 2.04 bits per heavy atom. The van der Waals surface area contributed by atoms with Crippen molar-refractivity contribution < 1.29 is 9.21 Å². The van der Waals surface area contributed by atoms with Gasteiger partial charge in [0.2, 0.25) is 11.8 Å².